The fourth-order valence-corrected chi connectivity index (χ4v) is 2.96. The smallest absolute Gasteiger partial charge is 0.243 e. The van der Waals surface area contributed by atoms with E-state index in [1.807, 2.05) is 0 Å². The van der Waals surface area contributed by atoms with Gasteiger partial charge in [-0.2, -0.15) is 4.98 Å². The summed E-state index contributed by atoms with van der Waals surface area (Å²) in [5, 5.41) is 7.28. The molecule has 0 spiro atoms. The summed E-state index contributed by atoms with van der Waals surface area (Å²) in [6.07, 6.45) is 1.03. The van der Waals surface area contributed by atoms with Crippen LogP contribution in [0.4, 0.5) is 4.39 Å². The van der Waals surface area contributed by atoms with Crippen molar-refractivity contribution in [3.8, 4) is 0 Å². The van der Waals surface area contributed by atoms with Crippen LogP contribution in [0.3, 0.4) is 0 Å². The van der Waals surface area contributed by atoms with Crippen LogP contribution in [0.5, 0.6) is 0 Å². The number of benzene rings is 1. The molecular weight excluding hydrogens is 293 g/mol. The van der Waals surface area contributed by atoms with E-state index in [2.05, 4.69) is 15.5 Å². The van der Waals surface area contributed by atoms with E-state index in [-0.39, 0.29) is 18.0 Å². The SMILES string of the molecule is COC1CNC(c2nc(CSc3ccc(F)cc3)no2)C1. The second kappa shape index (κ2) is 6.55. The molecule has 1 aromatic heterocycles. The van der Waals surface area contributed by atoms with Gasteiger partial charge in [0.05, 0.1) is 17.9 Å². The van der Waals surface area contributed by atoms with E-state index in [1.54, 1.807) is 31.0 Å². The van der Waals surface area contributed by atoms with Crippen molar-refractivity contribution in [3.05, 3.63) is 41.8 Å². The molecule has 7 heteroatoms. The molecule has 2 atom stereocenters. The van der Waals surface area contributed by atoms with Gasteiger partial charge in [-0.1, -0.05) is 5.16 Å². The lowest BCUT2D eigenvalue weighted by Crippen LogP contribution is -2.16. The molecule has 0 radical (unpaired) electrons. The fraction of sp³-hybridized carbons (Fsp3) is 0.429. The Morgan fingerprint density at radius 2 is 2.24 bits per heavy atom. The van der Waals surface area contributed by atoms with Crippen molar-refractivity contribution < 1.29 is 13.7 Å². The van der Waals surface area contributed by atoms with E-state index in [9.17, 15) is 4.39 Å². The summed E-state index contributed by atoms with van der Waals surface area (Å²) in [5.74, 6) is 1.60. The average molecular weight is 309 g/mol. The summed E-state index contributed by atoms with van der Waals surface area (Å²) in [4.78, 5) is 5.38. The van der Waals surface area contributed by atoms with Crippen LogP contribution in [0.1, 0.15) is 24.2 Å². The van der Waals surface area contributed by atoms with Crippen molar-refractivity contribution >= 4 is 11.8 Å². The van der Waals surface area contributed by atoms with Gasteiger partial charge in [0.15, 0.2) is 5.82 Å². The van der Waals surface area contributed by atoms with Gasteiger partial charge in [0, 0.05) is 18.6 Å². The molecule has 0 aliphatic carbocycles. The Morgan fingerprint density at radius 1 is 1.43 bits per heavy atom. The third-order valence-corrected chi connectivity index (χ3v) is 4.40. The van der Waals surface area contributed by atoms with Crippen molar-refractivity contribution in [1.29, 1.82) is 0 Å². The van der Waals surface area contributed by atoms with E-state index in [1.165, 1.54) is 12.1 Å². The summed E-state index contributed by atoms with van der Waals surface area (Å²) >= 11 is 1.55. The number of halogens is 1. The number of aromatic nitrogens is 2. The molecule has 3 rings (SSSR count). The van der Waals surface area contributed by atoms with Crippen LogP contribution in [0, 0.1) is 5.82 Å². The molecule has 112 valence electrons. The minimum Gasteiger partial charge on any atom is -0.380 e. The first-order valence-electron chi connectivity index (χ1n) is 6.71. The van der Waals surface area contributed by atoms with E-state index in [0.29, 0.717) is 17.5 Å². The minimum absolute atomic E-state index is 0.0621. The number of methoxy groups -OCH3 is 1. The predicted octanol–water partition coefficient (Wildman–Crippen LogP) is 2.55. The van der Waals surface area contributed by atoms with Gasteiger partial charge in [-0.25, -0.2) is 4.39 Å². The summed E-state index contributed by atoms with van der Waals surface area (Å²) in [7, 11) is 1.70. The lowest BCUT2D eigenvalue weighted by Gasteiger charge is -2.04. The van der Waals surface area contributed by atoms with Crippen molar-refractivity contribution in [2.75, 3.05) is 13.7 Å². The number of hydrogen-bond acceptors (Lipinski definition) is 6. The average Bonchev–Trinajstić information content (AvgIpc) is 3.15. The maximum Gasteiger partial charge on any atom is 0.243 e. The highest BCUT2D eigenvalue weighted by Crippen LogP contribution is 2.25. The Kier molecular flexibility index (Phi) is 4.52. The highest BCUT2D eigenvalue weighted by atomic mass is 32.2. The number of rotatable bonds is 5. The standard InChI is InChI=1S/C14H16FN3O2S/c1-19-10-6-12(16-7-10)14-17-13(18-20-14)8-21-11-4-2-9(15)3-5-11/h2-5,10,12,16H,6-8H2,1H3. The molecule has 1 fully saturated rings. The Balaban J connectivity index is 1.57. The normalized spacial score (nSPS) is 21.8. The van der Waals surface area contributed by atoms with Crippen LogP contribution in [-0.4, -0.2) is 29.9 Å². The second-order valence-corrected chi connectivity index (χ2v) is 5.89. The molecule has 2 heterocycles. The number of nitrogens with one attached hydrogen (secondary N) is 1. The van der Waals surface area contributed by atoms with Crippen LogP contribution in [0.15, 0.2) is 33.7 Å². The largest absolute Gasteiger partial charge is 0.380 e. The first-order chi connectivity index (χ1) is 10.2. The highest BCUT2D eigenvalue weighted by molar-refractivity contribution is 7.98. The van der Waals surface area contributed by atoms with Gasteiger partial charge in [0.1, 0.15) is 5.82 Å². The molecule has 21 heavy (non-hydrogen) atoms. The maximum atomic E-state index is 12.8. The van der Waals surface area contributed by atoms with Gasteiger partial charge in [-0.05, 0) is 30.7 Å². The molecule has 1 aromatic carbocycles. The van der Waals surface area contributed by atoms with Gasteiger partial charge in [0.25, 0.3) is 0 Å². The summed E-state index contributed by atoms with van der Waals surface area (Å²) < 4.78 is 23.4. The van der Waals surface area contributed by atoms with Crippen LogP contribution < -0.4 is 5.32 Å². The summed E-state index contributed by atoms with van der Waals surface area (Å²) in [5.41, 5.74) is 0. The number of hydrogen-bond donors (Lipinski definition) is 1. The minimum atomic E-state index is -0.235. The Bertz CT molecular complexity index is 590. The van der Waals surface area contributed by atoms with Crippen molar-refractivity contribution in [2.45, 2.75) is 29.2 Å². The molecule has 1 N–H and O–H groups in total. The molecule has 0 saturated carbocycles. The molecule has 0 amide bonds. The maximum absolute atomic E-state index is 12.8. The van der Waals surface area contributed by atoms with Crippen LogP contribution in [0.2, 0.25) is 0 Å². The van der Waals surface area contributed by atoms with Crippen molar-refractivity contribution in [2.24, 2.45) is 0 Å². The van der Waals surface area contributed by atoms with E-state index >= 15 is 0 Å². The predicted molar refractivity (Wildman–Crippen MR) is 76.4 cm³/mol. The van der Waals surface area contributed by atoms with Gasteiger partial charge in [-0.15, -0.1) is 11.8 Å². The summed E-state index contributed by atoms with van der Waals surface area (Å²) in [6.45, 7) is 0.795. The van der Waals surface area contributed by atoms with Gasteiger partial charge < -0.3 is 14.6 Å². The first-order valence-corrected chi connectivity index (χ1v) is 7.70. The third kappa shape index (κ3) is 3.61. The zero-order valence-corrected chi connectivity index (χ0v) is 12.4. The van der Waals surface area contributed by atoms with Crippen molar-refractivity contribution in [3.63, 3.8) is 0 Å². The second-order valence-electron chi connectivity index (χ2n) is 4.85. The number of ether oxygens (including phenoxy) is 1. The van der Waals surface area contributed by atoms with Crippen LogP contribution >= 0.6 is 11.8 Å². The molecule has 5 nitrogen and oxygen atoms in total. The van der Waals surface area contributed by atoms with E-state index in [4.69, 9.17) is 9.26 Å². The summed E-state index contributed by atoms with van der Waals surface area (Å²) in [6, 6.07) is 6.42. The third-order valence-electron chi connectivity index (χ3n) is 3.39. The number of thioether (sulfide) groups is 1. The van der Waals surface area contributed by atoms with Gasteiger partial charge >= 0.3 is 0 Å². The molecule has 1 saturated heterocycles. The molecule has 0 bridgehead atoms. The monoisotopic (exact) mass is 309 g/mol. The Hall–Kier alpha value is -1.44. The van der Waals surface area contributed by atoms with Crippen LogP contribution in [-0.2, 0) is 10.5 Å². The molecule has 2 unspecified atom stereocenters. The molecule has 1 aliphatic heterocycles. The van der Waals surface area contributed by atoms with E-state index in [0.717, 1.165) is 17.9 Å². The van der Waals surface area contributed by atoms with Crippen LogP contribution in [0.25, 0.3) is 0 Å². The fourth-order valence-electron chi connectivity index (χ4n) is 2.22. The van der Waals surface area contributed by atoms with Gasteiger partial charge in [0.2, 0.25) is 5.89 Å². The molecular formula is C14H16FN3O2S. The Labute approximate surface area is 126 Å². The lowest BCUT2D eigenvalue weighted by molar-refractivity contribution is 0.116. The van der Waals surface area contributed by atoms with Gasteiger partial charge in [-0.3, -0.25) is 0 Å². The quantitative estimate of drug-likeness (QED) is 0.857. The molecule has 1 aliphatic rings. The van der Waals surface area contributed by atoms with E-state index < -0.39 is 0 Å². The highest BCUT2D eigenvalue weighted by Gasteiger charge is 2.29. The van der Waals surface area contributed by atoms with Crippen molar-refractivity contribution in [1.82, 2.24) is 15.5 Å². The topological polar surface area (TPSA) is 60.2 Å². The first kappa shape index (κ1) is 14.5. The zero-order chi connectivity index (χ0) is 14.7. The lowest BCUT2D eigenvalue weighted by atomic mass is 10.2. The zero-order valence-electron chi connectivity index (χ0n) is 11.6. The molecule has 2 aromatic rings. The number of nitrogens with zero attached hydrogens (tertiary/aromatic N) is 2. The Morgan fingerprint density at radius 3 is 2.95 bits per heavy atom.